The van der Waals surface area contributed by atoms with E-state index >= 15 is 0 Å². The molecular weight excluding hydrogens is 648 g/mol. The first kappa shape index (κ1) is 34.1. The summed E-state index contributed by atoms with van der Waals surface area (Å²) in [6.07, 6.45) is -5.83. The summed E-state index contributed by atoms with van der Waals surface area (Å²) in [5.74, 6) is 0.525. The fourth-order valence-corrected chi connectivity index (χ4v) is 5.28. The molecule has 0 saturated heterocycles. The number of carbonyl (C=O) groups is 1. The second-order valence-corrected chi connectivity index (χ2v) is 10.6. The van der Waals surface area contributed by atoms with Crippen molar-refractivity contribution in [2.45, 2.75) is 57.5 Å². The van der Waals surface area contributed by atoms with E-state index in [0.717, 1.165) is 0 Å². The van der Waals surface area contributed by atoms with Crippen LogP contribution in [0.15, 0.2) is 36.5 Å². The molecule has 1 amide bonds. The van der Waals surface area contributed by atoms with Gasteiger partial charge >= 0.3 is 18.4 Å². The standard InChI is InChI=1S/C30H29F6N9O3/c1-4-20-14-22(26-23(7-9-25(40-26)47-3)45(20)28(46)48-5-2)39-27-37-15-17(6-8-24-41-43-44-42-24)21(38-27)12-16-10-18(29(31,32)33)13-19(11-16)30(34,35)36/h6-11,13,15,20,22H,4-5,12,14H2,1-3H3,(H,37,38,39)(H,41,42,43,44)/t20-,22+/m1/s1. The minimum Gasteiger partial charge on any atom is -0.481 e. The number of amides is 1. The SMILES string of the molecule is CCOC(=O)N1c2ccc(OC)nc2[C@@H](Nc2ncc(C=Cc3nnn[nH]3)c(Cc3cc(C(F)(F)F)cc(C(F)(F)F)c3)n2)C[C@H]1CC. The summed E-state index contributed by atoms with van der Waals surface area (Å²) in [7, 11) is 1.44. The number of benzene rings is 1. The lowest BCUT2D eigenvalue weighted by Crippen LogP contribution is -2.46. The molecule has 0 aliphatic carbocycles. The summed E-state index contributed by atoms with van der Waals surface area (Å²) < 4.78 is 92.4. The fraction of sp³-hybridized carbons (Fsp3) is 0.367. The Balaban J connectivity index is 1.56. The van der Waals surface area contributed by atoms with Crippen molar-refractivity contribution in [1.82, 2.24) is 35.6 Å². The molecule has 0 radical (unpaired) electrons. The maximum atomic E-state index is 13.6. The van der Waals surface area contributed by atoms with Gasteiger partial charge in [0.2, 0.25) is 11.8 Å². The van der Waals surface area contributed by atoms with E-state index in [2.05, 4.69) is 40.9 Å². The van der Waals surface area contributed by atoms with Crippen LogP contribution in [0.2, 0.25) is 0 Å². The number of anilines is 2. The Labute approximate surface area is 269 Å². The molecule has 0 bridgehead atoms. The minimum atomic E-state index is -5.02. The molecule has 18 heteroatoms. The second-order valence-electron chi connectivity index (χ2n) is 10.6. The van der Waals surface area contributed by atoms with Crippen molar-refractivity contribution in [3.8, 4) is 5.88 Å². The van der Waals surface area contributed by atoms with Crippen molar-refractivity contribution in [3.05, 3.63) is 76.0 Å². The van der Waals surface area contributed by atoms with Crippen LogP contribution in [-0.4, -0.2) is 61.4 Å². The van der Waals surface area contributed by atoms with E-state index in [1.165, 1.54) is 30.4 Å². The number of alkyl halides is 6. The van der Waals surface area contributed by atoms with Gasteiger partial charge in [-0.25, -0.2) is 24.8 Å². The molecule has 1 aliphatic heterocycles. The number of halogens is 6. The number of ether oxygens (including phenoxy) is 2. The molecule has 1 aliphatic rings. The number of tetrazole rings is 1. The van der Waals surface area contributed by atoms with Gasteiger partial charge in [-0.15, -0.1) is 5.10 Å². The molecule has 5 rings (SSSR count). The van der Waals surface area contributed by atoms with Gasteiger partial charge in [0.05, 0.1) is 48.0 Å². The van der Waals surface area contributed by atoms with E-state index in [0.29, 0.717) is 36.4 Å². The lowest BCUT2D eigenvalue weighted by Gasteiger charge is -2.39. The second kappa shape index (κ2) is 13.8. The number of aromatic amines is 1. The van der Waals surface area contributed by atoms with Crippen molar-refractivity contribution in [1.29, 1.82) is 0 Å². The van der Waals surface area contributed by atoms with Crippen LogP contribution in [0, 0.1) is 0 Å². The van der Waals surface area contributed by atoms with Gasteiger partial charge in [0, 0.05) is 30.3 Å². The lowest BCUT2D eigenvalue weighted by atomic mass is 9.93. The Morgan fingerprint density at radius 2 is 1.79 bits per heavy atom. The number of rotatable bonds is 9. The highest BCUT2D eigenvalue weighted by molar-refractivity contribution is 5.90. The highest BCUT2D eigenvalue weighted by Crippen LogP contribution is 2.40. The third kappa shape index (κ3) is 7.63. The Kier molecular flexibility index (Phi) is 9.81. The summed E-state index contributed by atoms with van der Waals surface area (Å²) >= 11 is 0. The number of hydrogen-bond donors (Lipinski definition) is 2. The quantitative estimate of drug-likeness (QED) is 0.189. The van der Waals surface area contributed by atoms with Gasteiger partial charge in [0.15, 0.2) is 5.82 Å². The van der Waals surface area contributed by atoms with Crippen molar-refractivity contribution in [2.24, 2.45) is 0 Å². The summed E-state index contributed by atoms with van der Waals surface area (Å²) in [6.45, 7) is 3.76. The Hall–Kier alpha value is -5.29. The molecule has 4 heterocycles. The molecular formula is C30H29F6N9O3. The number of carbonyl (C=O) groups excluding carboxylic acids is 1. The van der Waals surface area contributed by atoms with Gasteiger partial charge in [-0.2, -0.15) is 26.3 Å². The third-order valence-electron chi connectivity index (χ3n) is 7.49. The number of hydrogen-bond acceptors (Lipinski definition) is 10. The van der Waals surface area contributed by atoms with Crippen LogP contribution in [0.4, 0.5) is 42.8 Å². The lowest BCUT2D eigenvalue weighted by molar-refractivity contribution is -0.143. The van der Waals surface area contributed by atoms with Crippen LogP contribution in [0.25, 0.3) is 12.2 Å². The first-order chi connectivity index (χ1) is 22.8. The zero-order valence-electron chi connectivity index (χ0n) is 25.7. The van der Waals surface area contributed by atoms with E-state index in [1.54, 1.807) is 19.1 Å². The Bertz CT molecular complexity index is 1750. The van der Waals surface area contributed by atoms with Crippen LogP contribution in [-0.2, 0) is 23.5 Å². The first-order valence-electron chi connectivity index (χ1n) is 14.6. The molecule has 2 atom stereocenters. The minimum absolute atomic E-state index is 0.0199. The molecule has 254 valence electrons. The summed E-state index contributed by atoms with van der Waals surface area (Å²) in [6, 6.07) is 3.75. The van der Waals surface area contributed by atoms with Gasteiger partial charge in [-0.1, -0.05) is 6.92 Å². The predicted octanol–water partition coefficient (Wildman–Crippen LogP) is 6.49. The molecule has 4 aromatic rings. The normalized spacial score (nSPS) is 16.6. The van der Waals surface area contributed by atoms with E-state index in [1.807, 2.05) is 6.92 Å². The molecule has 48 heavy (non-hydrogen) atoms. The molecule has 2 N–H and O–H groups in total. The van der Waals surface area contributed by atoms with Crippen molar-refractivity contribution in [2.75, 3.05) is 23.9 Å². The van der Waals surface area contributed by atoms with Crippen LogP contribution < -0.4 is 15.0 Å². The highest BCUT2D eigenvalue weighted by atomic mass is 19.4. The first-order valence-corrected chi connectivity index (χ1v) is 14.6. The average Bonchev–Trinajstić information content (AvgIpc) is 3.57. The van der Waals surface area contributed by atoms with Gasteiger partial charge in [0.1, 0.15) is 0 Å². The van der Waals surface area contributed by atoms with E-state index in [4.69, 9.17) is 9.47 Å². The third-order valence-corrected chi connectivity index (χ3v) is 7.49. The topological polar surface area (TPSA) is 144 Å². The average molecular weight is 678 g/mol. The molecule has 12 nitrogen and oxygen atoms in total. The molecule has 0 fully saturated rings. The molecule has 1 aromatic carbocycles. The van der Waals surface area contributed by atoms with E-state index in [-0.39, 0.29) is 53.2 Å². The Morgan fingerprint density at radius 3 is 2.40 bits per heavy atom. The number of aromatic nitrogens is 7. The van der Waals surface area contributed by atoms with Gasteiger partial charge < -0.3 is 14.8 Å². The van der Waals surface area contributed by atoms with Crippen LogP contribution >= 0.6 is 0 Å². The summed E-state index contributed by atoms with van der Waals surface area (Å²) in [5, 5.41) is 16.4. The van der Waals surface area contributed by atoms with Crippen LogP contribution in [0.3, 0.4) is 0 Å². The van der Waals surface area contributed by atoms with Crippen LogP contribution in [0.1, 0.15) is 72.2 Å². The van der Waals surface area contributed by atoms with E-state index < -0.39 is 42.0 Å². The number of methoxy groups -OCH3 is 1. The number of pyridine rings is 1. The Morgan fingerprint density at radius 1 is 1.06 bits per heavy atom. The summed E-state index contributed by atoms with van der Waals surface area (Å²) in [5.41, 5.74) is -1.88. The summed E-state index contributed by atoms with van der Waals surface area (Å²) in [4.78, 5) is 28.0. The van der Waals surface area contributed by atoms with E-state index in [9.17, 15) is 31.1 Å². The maximum Gasteiger partial charge on any atom is 0.416 e. The molecule has 0 unspecified atom stereocenters. The van der Waals surface area contributed by atoms with Gasteiger partial charge in [0.25, 0.3) is 0 Å². The number of fused-ring (bicyclic) bond motifs is 1. The van der Waals surface area contributed by atoms with Crippen molar-refractivity contribution < 1.29 is 40.6 Å². The zero-order chi connectivity index (χ0) is 34.6. The molecule has 0 saturated carbocycles. The highest BCUT2D eigenvalue weighted by Gasteiger charge is 2.39. The van der Waals surface area contributed by atoms with Crippen LogP contribution in [0.5, 0.6) is 5.88 Å². The fourth-order valence-electron chi connectivity index (χ4n) is 5.28. The predicted molar refractivity (Wildman–Crippen MR) is 160 cm³/mol. The smallest absolute Gasteiger partial charge is 0.416 e. The molecule has 3 aromatic heterocycles. The van der Waals surface area contributed by atoms with Gasteiger partial charge in [-0.05, 0) is 72.2 Å². The largest absolute Gasteiger partial charge is 0.481 e. The number of H-pyrrole nitrogens is 1. The maximum absolute atomic E-state index is 13.6. The zero-order valence-corrected chi connectivity index (χ0v) is 25.7. The monoisotopic (exact) mass is 677 g/mol. The van der Waals surface area contributed by atoms with Crippen molar-refractivity contribution in [3.63, 3.8) is 0 Å². The van der Waals surface area contributed by atoms with Crippen molar-refractivity contribution >= 4 is 29.9 Å². The molecule has 0 spiro atoms. The number of nitrogens with one attached hydrogen (secondary N) is 2. The van der Waals surface area contributed by atoms with Gasteiger partial charge in [-0.3, -0.25) is 4.90 Å². The number of nitrogens with zero attached hydrogens (tertiary/aromatic N) is 7.